The summed E-state index contributed by atoms with van der Waals surface area (Å²) < 4.78 is 14.0. The molecule has 0 amide bonds. The summed E-state index contributed by atoms with van der Waals surface area (Å²) in [5, 5.41) is 4.97. The largest absolute Gasteiger partial charge is 0.473 e. The van der Waals surface area contributed by atoms with E-state index in [2.05, 4.69) is 100 Å². The van der Waals surface area contributed by atoms with Crippen LogP contribution in [0.5, 0.6) is 11.5 Å². The van der Waals surface area contributed by atoms with Crippen LogP contribution in [0.3, 0.4) is 0 Å². The van der Waals surface area contributed by atoms with Gasteiger partial charge in [0.2, 0.25) is 0 Å². The molecule has 2 aliphatic rings. The molecule has 36 heavy (non-hydrogen) atoms. The lowest BCUT2D eigenvalue weighted by Crippen LogP contribution is -2.05. The van der Waals surface area contributed by atoms with Crippen LogP contribution < -0.4 is 9.05 Å². The highest BCUT2D eigenvalue weighted by molar-refractivity contribution is 7.55. The molecule has 0 spiro atoms. The number of benzene rings is 4. The average molecular weight is 515 g/mol. The molecular formula is C32H36O2P2. The van der Waals surface area contributed by atoms with E-state index < -0.39 is 16.3 Å². The molecule has 0 bridgehead atoms. The Balaban J connectivity index is 1.59. The van der Waals surface area contributed by atoms with Gasteiger partial charge >= 0.3 is 0 Å². The molecule has 0 radical (unpaired) electrons. The molecular weight excluding hydrogens is 478 g/mol. The molecule has 2 heterocycles. The van der Waals surface area contributed by atoms with Gasteiger partial charge in [0, 0.05) is 33.8 Å². The number of hydrogen-bond donors (Lipinski definition) is 0. The van der Waals surface area contributed by atoms with Crippen LogP contribution in [0.25, 0.3) is 32.7 Å². The van der Waals surface area contributed by atoms with Gasteiger partial charge < -0.3 is 9.05 Å². The molecule has 0 aliphatic carbocycles. The molecule has 6 rings (SSSR count). The quantitative estimate of drug-likeness (QED) is 0.247. The Hall–Kier alpha value is -2.14. The summed E-state index contributed by atoms with van der Waals surface area (Å²) in [6.07, 6.45) is 5.05. The van der Waals surface area contributed by atoms with Crippen LogP contribution in [0, 0.1) is 0 Å². The van der Waals surface area contributed by atoms with E-state index in [1.807, 2.05) is 0 Å². The molecule has 2 aliphatic heterocycles. The summed E-state index contributed by atoms with van der Waals surface area (Å²) in [4.78, 5) is 0. The Labute approximate surface area is 218 Å². The minimum atomic E-state index is -0.523. The second-order valence-electron chi connectivity index (χ2n) is 10.8. The summed E-state index contributed by atoms with van der Waals surface area (Å²) in [5.74, 6) is 2.03. The molecule has 4 aromatic rings. The maximum Gasteiger partial charge on any atom is 0.131 e. The average Bonchev–Trinajstić information content (AvgIpc) is 3.39. The third-order valence-corrected chi connectivity index (χ3v) is 13.5. The summed E-state index contributed by atoms with van der Waals surface area (Å²) in [6.45, 7) is 9.48. The predicted octanol–water partition coefficient (Wildman–Crippen LogP) is 10.4. The van der Waals surface area contributed by atoms with Crippen LogP contribution in [-0.4, -0.2) is 22.6 Å². The van der Waals surface area contributed by atoms with Crippen molar-refractivity contribution in [3.63, 3.8) is 0 Å². The fraction of sp³-hybridized carbons (Fsp3) is 0.375. The fourth-order valence-electron chi connectivity index (χ4n) is 6.10. The van der Waals surface area contributed by atoms with Crippen molar-refractivity contribution in [2.24, 2.45) is 0 Å². The molecule has 0 aromatic heterocycles. The van der Waals surface area contributed by atoms with E-state index in [0.29, 0.717) is 22.6 Å². The molecule has 4 atom stereocenters. The Morgan fingerprint density at radius 2 is 0.861 bits per heavy atom. The van der Waals surface area contributed by atoms with Crippen LogP contribution in [0.15, 0.2) is 72.8 Å². The van der Waals surface area contributed by atoms with Gasteiger partial charge in [0.15, 0.2) is 0 Å². The lowest BCUT2D eigenvalue weighted by atomic mass is 9.92. The third kappa shape index (κ3) is 4.31. The Morgan fingerprint density at radius 1 is 0.500 bits per heavy atom. The molecule has 2 saturated heterocycles. The highest BCUT2D eigenvalue weighted by Crippen LogP contribution is 2.60. The first-order valence-electron chi connectivity index (χ1n) is 13.5. The summed E-state index contributed by atoms with van der Waals surface area (Å²) in [7, 11) is -1.05. The van der Waals surface area contributed by atoms with Gasteiger partial charge in [-0.15, -0.1) is 0 Å². The zero-order valence-electron chi connectivity index (χ0n) is 21.8. The zero-order chi connectivity index (χ0) is 24.8. The molecule has 0 N–H and O–H groups in total. The summed E-state index contributed by atoms with van der Waals surface area (Å²) in [6, 6.07) is 26.4. The highest BCUT2D eigenvalue weighted by Gasteiger charge is 2.35. The Bertz CT molecular complexity index is 1270. The Kier molecular flexibility index (Phi) is 6.70. The zero-order valence-corrected chi connectivity index (χ0v) is 23.6. The molecule has 2 fully saturated rings. The van der Waals surface area contributed by atoms with Gasteiger partial charge in [-0.3, -0.25) is 0 Å². The van der Waals surface area contributed by atoms with Crippen LogP contribution in [-0.2, 0) is 0 Å². The topological polar surface area (TPSA) is 18.5 Å². The third-order valence-electron chi connectivity index (χ3n) is 8.18. The number of rotatable bonds is 5. The maximum atomic E-state index is 7.02. The second-order valence-corrected chi connectivity index (χ2v) is 16.1. The van der Waals surface area contributed by atoms with E-state index in [0.717, 1.165) is 11.5 Å². The van der Waals surface area contributed by atoms with E-state index in [-0.39, 0.29) is 0 Å². The monoisotopic (exact) mass is 514 g/mol. The summed E-state index contributed by atoms with van der Waals surface area (Å²) in [5.41, 5.74) is 4.90. The van der Waals surface area contributed by atoms with Crippen LogP contribution in [0.1, 0.15) is 53.4 Å². The molecule has 0 saturated carbocycles. The van der Waals surface area contributed by atoms with Gasteiger partial charge in [0.05, 0.1) is 16.3 Å². The first kappa shape index (κ1) is 24.2. The minimum Gasteiger partial charge on any atom is -0.473 e. The van der Waals surface area contributed by atoms with Crippen molar-refractivity contribution in [3.8, 4) is 22.6 Å². The molecule has 2 nitrogen and oxygen atoms in total. The van der Waals surface area contributed by atoms with Gasteiger partial charge in [-0.05, 0) is 59.4 Å². The first-order valence-corrected chi connectivity index (χ1v) is 16.3. The van der Waals surface area contributed by atoms with E-state index in [1.54, 1.807) is 0 Å². The lowest BCUT2D eigenvalue weighted by Gasteiger charge is -2.27. The van der Waals surface area contributed by atoms with Crippen molar-refractivity contribution < 1.29 is 9.05 Å². The van der Waals surface area contributed by atoms with Gasteiger partial charge in [-0.1, -0.05) is 88.4 Å². The minimum absolute atomic E-state index is 0.523. The van der Waals surface area contributed by atoms with E-state index >= 15 is 0 Å². The first-order chi connectivity index (χ1) is 17.5. The van der Waals surface area contributed by atoms with Crippen LogP contribution >= 0.6 is 16.3 Å². The van der Waals surface area contributed by atoms with Gasteiger partial charge in [0.25, 0.3) is 0 Å². The van der Waals surface area contributed by atoms with Crippen molar-refractivity contribution in [2.45, 2.75) is 76.0 Å². The molecule has 0 unspecified atom stereocenters. The molecule has 4 heteroatoms. The summed E-state index contributed by atoms with van der Waals surface area (Å²) >= 11 is 0. The smallest absolute Gasteiger partial charge is 0.131 e. The van der Waals surface area contributed by atoms with E-state index in [4.69, 9.17) is 9.05 Å². The van der Waals surface area contributed by atoms with Crippen molar-refractivity contribution in [1.82, 2.24) is 0 Å². The van der Waals surface area contributed by atoms with Gasteiger partial charge in [-0.2, -0.15) is 0 Å². The van der Waals surface area contributed by atoms with Gasteiger partial charge in [0.1, 0.15) is 11.5 Å². The lowest BCUT2D eigenvalue weighted by molar-refractivity contribution is 0.597. The van der Waals surface area contributed by atoms with Crippen molar-refractivity contribution >= 4 is 37.8 Å². The normalized spacial score (nSPS) is 25.1. The number of hydrogen-bond acceptors (Lipinski definition) is 2. The SMILES string of the molecule is C[C@@H]1CC[C@@H](C)P1Oc1ccc2ccccc2c1-c1c(OP2[C@H](C)CC[C@H]2C)ccc2ccccc12. The van der Waals surface area contributed by atoms with E-state index in [9.17, 15) is 0 Å². The van der Waals surface area contributed by atoms with Crippen molar-refractivity contribution in [1.29, 1.82) is 0 Å². The highest BCUT2D eigenvalue weighted by atomic mass is 31.1. The number of fused-ring (bicyclic) bond motifs is 2. The van der Waals surface area contributed by atoms with Crippen LogP contribution in [0.4, 0.5) is 0 Å². The predicted molar refractivity (Wildman–Crippen MR) is 158 cm³/mol. The fourth-order valence-corrected chi connectivity index (χ4v) is 10.9. The Morgan fingerprint density at radius 3 is 1.25 bits per heavy atom. The van der Waals surface area contributed by atoms with E-state index in [1.165, 1.54) is 58.4 Å². The molecule has 4 aromatic carbocycles. The molecule has 186 valence electrons. The van der Waals surface area contributed by atoms with Crippen molar-refractivity contribution in [3.05, 3.63) is 72.8 Å². The van der Waals surface area contributed by atoms with Gasteiger partial charge in [-0.25, -0.2) is 0 Å². The van der Waals surface area contributed by atoms with Crippen LogP contribution in [0.2, 0.25) is 0 Å². The standard InChI is InChI=1S/C32H36O2P2/c1-21-13-14-22(2)35(21)33-29-19-17-25-9-5-7-11-27(25)31(29)32-28-12-8-6-10-26(28)18-20-30(32)34-36-23(3)15-16-24(36)4/h5-12,17-24H,13-16H2,1-4H3/t21-,22-,23-,24-/m1/s1. The second kappa shape index (κ2) is 9.96. The van der Waals surface area contributed by atoms with Crippen molar-refractivity contribution in [2.75, 3.05) is 0 Å². The maximum absolute atomic E-state index is 7.02.